The van der Waals surface area contributed by atoms with E-state index in [0.717, 1.165) is 25.2 Å². The van der Waals surface area contributed by atoms with Crippen LogP contribution in [0.5, 0.6) is 0 Å². The van der Waals surface area contributed by atoms with Gasteiger partial charge < -0.3 is 15.2 Å². The molecule has 2 N–H and O–H groups in total. The Bertz CT molecular complexity index is 564. The molecule has 0 radical (unpaired) electrons. The van der Waals surface area contributed by atoms with Crippen LogP contribution < -0.4 is 10.6 Å². The molecule has 1 amide bonds. The van der Waals surface area contributed by atoms with Crippen molar-refractivity contribution in [1.29, 1.82) is 0 Å². The van der Waals surface area contributed by atoms with Crippen molar-refractivity contribution >= 4 is 11.6 Å². The molecule has 1 aromatic carbocycles. The molecule has 92 valence electrons. The van der Waals surface area contributed by atoms with E-state index in [0.29, 0.717) is 0 Å². The van der Waals surface area contributed by atoms with Gasteiger partial charge in [0.1, 0.15) is 0 Å². The van der Waals surface area contributed by atoms with Crippen LogP contribution >= 0.6 is 0 Å². The second kappa shape index (κ2) is 4.62. The van der Waals surface area contributed by atoms with Crippen LogP contribution in [0.25, 0.3) is 0 Å². The molecule has 2 aromatic rings. The van der Waals surface area contributed by atoms with Gasteiger partial charge in [0.05, 0.1) is 6.20 Å². The fourth-order valence-electron chi connectivity index (χ4n) is 2.08. The molecule has 0 bridgehead atoms. The Kier molecular flexibility index (Phi) is 2.82. The average Bonchev–Trinajstić information content (AvgIpc) is 2.92. The minimum atomic E-state index is -0.281. The van der Waals surface area contributed by atoms with E-state index in [4.69, 9.17) is 4.52 Å². The van der Waals surface area contributed by atoms with Crippen LogP contribution in [-0.4, -0.2) is 17.6 Å². The van der Waals surface area contributed by atoms with Crippen molar-refractivity contribution in [1.82, 2.24) is 10.5 Å². The number of benzene rings is 1. The number of aromatic nitrogens is 1. The largest absolute Gasteiger partial charge is 0.351 e. The van der Waals surface area contributed by atoms with Crippen molar-refractivity contribution in [3.05, 3.63) is 47.3 Å². The summed E-state index contributed by atoms with van der Waals surface area (Å²) in [5.41, 5.74) is 3.35. The van der Waals surface area contributed by atoms with Gasteiger partial charge in [-0.1, -0.05) is 11.2 Å². The normalized spacial score (nSPS) is 14.0. The lowest BCUT2D eigenvalue weighted by atomic mass is 10.0. The number of nitrogens with one attached hydrogen (secondary N) is 2. The van der Waals surface area contributed by atoms with Crippen LogP contribution in [0.2, 0.25) is 0 Å². The van der Waals surface area contributed by atoms with Gasteiger partial charge in [0, 0.05) is 18.3 Å². The van der Waals surface area contributed by atoms with Gasteiger partial charge >= 0.3 is 0 Å². The molecule has 0 fully saturated rings. The first-order chi connectivity index (χ1) is 8.83. The third-order valence-corrected chi connectivity index (χ3v) is 3.01. The molecule has 0 spiro atoms. The highest BCUT2D eigenvalue weighted by Crippen LogP contribution is 2.19. The Morgan fingerprint density at radius 2 is 2.28 bits per heavy atom. The summed E-state index contributed by atoms with van der Waals surface area (Å²) < 4.78 is 4.81. The Balaban J connectivity index is 1.79. The number of hydrogen-bond acceptors (Lipinski definition) is 4. The lowest BCUT2D eigenvalue weighted by molar-refractivity contribution is 0.0988. The van der Waals surface area contributed by atoms with Crippen molar-refractivity contribution in [3.8, 4) is 0 Å². The molecule has 5 heteroatoms. The molecule has 0 unspecified atom stereocenters. The van der Waals surface area contributed by atoms with Crippen LogP contribution in [-0.2, 0) is 13.0 Å². The summed E-state index contributed by atoms with van der Waals surface area (Å²) in [7, 11) is 0. The molecule has 5 nitrogen and oxygen atoms in total. The maximum absolute atomic E-state index is 11.8. The molecule has 0 aliphatic carbocycles. The Hall–Kier alpha value is -2.14. The Morgan fingerprint density at radius 3 is 3.11 bits per heavy atom. The summed E-state index contributed by atoms with van der Waals surface area (Å²) in [5.74, 6) is -0.0675. The second-order valence-electron chi connectivity index (χ2n) is 4.24. The molecule has 1 aliphatic heterocycles. The number of rotatable bonds is 2. The maximum Gasteiger partial charge on any atom is 0.294 e. The zero-order valence-electron chi connectivity index (χ0n) is 9.77. The number of fused-ring (bicyclic) bond motifs is 1. The van der Waals surface area contributed by atoms with Gasteiger partial charge in [-0.05, 0) is 36.2 Å². The molecule has 0 saturated heterocycles. The fraction of sp³-hybridized carbons (Fsp3) is 0.231. The number of amides is 1. The summed E-state index contributed by atoms with van der Waals surface area (Å²) >= 11 is 0. The summed E-state index contributed by atoms with van der Waals surface area (Å²) in [6.07, 6.45) is 2.48. The monoisotopic (exact) mass is 243 g/mol. The van der Waals surface area contributed by atoms with E-state index < -0.39 is 0 Å². The molecular weight excluding hydrogens is 230 g/mol. The predicted octanol–water partition coefficient (Wildman–Crippen LogP) is 1.57. The zero-order chi connectivity index (χ0) is 12.4. The SMILES string of the molecule is O=C(Nc1ccc2c(c1)CNCC2)c1ccno1. The first-order valence-electron chi connectivity index (χ1n) is 5.87. The van der Waals surface area contributed by atoms with Gasteiger partial charge in [0.15, 0.2) is 0 Å². The number of nitrogens with zero attached hydrogens (tertiary/aromatic N) is 1. The molecule has 0 atom stereocenters. The van der Waals surface area contributed by atoms with Crippen molar-refractivity contribution in [2.75, 3.05) is 11.9 Å². The number of hydrogen-bond donors (Lipinski definition) is 2. The van der Waals surface area contributed by atoms with E-state index in [9.17, 15) is 4.79 Å². The standard InChI is InChI=1S/C13H13N3O2/c17-13(12-4-6-15-18-12)16-11-2-1-9-3-5-14-8-10(9)7-11/h1-2,4,6-7,14H,3,5,8H2,(H,16,17). The van der Waals surface area contributed by atoms with Gasteiger partial charge in [-0.2, -0.15) is 0 Å². The predicted molar refractivity (Wildman–Crippen MR) is 66.3 cm³/mol. The third kappa shape index (κ3) is 2.12. The van der Waals surface area contributed by atoms with Crippen LogP contribution in [0.4, 0.5) is 5.69 Å². The topological polar surface area (TPSA) is 67.2 Å². The highest BCUT2D eigenvalue weighted by Gasteiger charge is 2.12. The number of carbonyl (C=O) groups excluding carboxylic acids is 1. The minimum absolute atomic E-state index is 0.214. The lowest BCUT2D eigenvalue weighted by Gasteiger charge is -2.17. The summed E-state index contributed by atoms with van der Waals surface area (Å²) in [4.78, 5) is 11.8. The quantitative estimate of drug-likeness (QED) is 0.840. The van der Waals surface area contributed by atoms with Gasteiger partial charge in [-0.15, -0.1) is 0 Å². The van der Waals surface area contributed by atoms with Gasteiger partial charge in [-0.25, -0.2) is 0 Å². The van der Waals surface area contributed by atoms with Crippen molar-refractivity contribution < 1.29 is 9.32 Å². The summed E-state index contributed by atoms with van der Waals surface area (Å²) in [6.45, 7) is 1.86. The van der Waals surface area contributed by atoms with E-state index in [-0.39, 0.29) is 11.7 Å². The summed E-state index contributed by atoms with van der Waals surface area (Å²) in [6, 6.07) is 7.51. The molecule has 1 aromatic heterocycles. The minimum Gasteiger partial charge on any atom is -0.351 e. The van der Waals surface area contributed by atoms with Crippen LogP contribution in [0.3, 0.4) is 0 Å². The highest BCUT2D eigenvalue weighted by atomic mass is 16.5. The molecular formula is C13H13N3O2. The van der Waals surface area contributed by atoms with Crippen LogP contribution in [0.15, 0.2) is 35.0 Å². The Labute approximate surface area is 104 Å². The first-order valence-corrected chi connectivity index (χ1v) is 5.87. The van der Waals surface area contributed by atoms with Crippen molar-refractivity contribution in [2.24, 2.45) is 0 Å². The molecule has 2 heterocycles. The van der Waals surface area contributed by atoms with E-state index in [1.807, 2.05) is 12.1 Å². The molecule has 18 heavy (non-hydrogen) atoms. The molecule has 3 rings (SSSR count). The molecule has 1 aliphatic rings. The van der Waals surface area contributed by atoms with E-state index in [2.05, 4.69) is 21.9 Å². The van der Waals surface area contributed by atoms with Crippen LogP contribution in [0, 0.1) is 0 Å². The summed E-state index contributed by atoms with van der Waals surface area (Å²) in [5, 5.41) is 9.61. The van der Waals surface area contributed by atoms with Gasteiger partial charge in [0.25, 0.3) is 5.91 Å². The maximum atomic E-state index is 11.8. The smallest absolute Gasteiger partial charge is 0.294 e. The van der Waals surface area contributed by atoms with Gasteiger partial charge in [-0.3, -0.25) is 4.79 Å². The fourth-order valence-corrected chi connectivity index (χ4v) is 2.08. The second-order valence-corrected chi connectivity index (χ2v) is 4.24. The molecule has 0 saturated carbocycles. The highest BCUT2D eigenvalue weighted by molar-refractivity contribution is 6.02. The zero-order valence-corrected chi connectivity index (χ0v) is 9.77. The van der Waals surface area contributed by atoms with E-state index >= 15 is 0 Å². The van der Waals surface area contributed by atoms with E-state index in [1.165, 1.54) is 23.4 Å². The Morgan fingerprint density at radius 1 is 1.33 bits per heavy atom. The van der Waals surface area contributed by atoms with E-state index in [1.54, 1.807) is 0 Å². The third-order valence-electron chi connectivity index (χ3n) is 3.01. The van der Waals surface area contributed by atoms with Gasteiger partial charge in [0.2, 0.25) is 5.76 Å². The van der Waals surface area contributed by atoms with Crippen molar-refractivity contribution in [2.45, 2.75) is 13.0 Å². The lowest BCUT2D eigenvalue weighted by Crippen LogP contribution is -2.23. The van der Waals surface area contributed by atoms with Crippen molar-refractivity contribution in [3.63, 3.8) is 0 Å². The number of anilines is 1. The number of carbonyl (C=O) groups is 1. The first kappa shape index (κ1) is 11.0. The van der Waals surface area contributed by atoms with Crippen LogP contribution in [0.1, 0.15) is 21.7 Å². The average molecular weight is 243 g/mol.